The molecule has 0 aromatic heterocycles. The number of methoxy groups -OCH3 is 1. The van der Waals surface area contributed by atoms with E-state index in [1.807, 2.05) is 0 Å². The molecule has 1 atom stereocenters. The summed E-state index contributed by atoms with van der Waals surface area (Å²) in [5.74, 6) is -12.7. The molecule has 2 aromatic rings. The van der Waals surface area contributed by atoms with Crippen LogP contribution < -0.4 is 4.74 Å². The summed E-state index contributed by atoms with van der Waals surface area (Å²) < 4.78 is 84.3. The summed E-state index contributed by atoms with van der Waals surface area (Å²) in [6.45, 7) is 0. The monoisotopic (exact) mass is 452 g/mol. The highest BCUT2D eigenvalue weighted by Gasteiger charge is 2.32. The van der Waals surface area contributed by atoms with E-state index in [1.54, 1.807) is 0 Å². The Bertz CT molecular complexity index is 1040. The van der Waals surface area contributed by atoms with E-state index in [0.29, 0.717) is 0 Å². The third-order valence-corrected chi connectivity index (χ3v) is 4.99. The van der Waals surface area contributed by atoms with E-state index in [4.69, 9.17) is 4.74 Å². The lowest BCUT2D eigenvalue weighted by Gasteiger charge is -2.09. The maximum atomic E-state index is 13.8. The van der Waals surface area contributed by atoms with Crippen molar-refractivity contribution in [3.63, 3.8) is 0 Å². The Balaban J connectivity index is 2.49. The van der Waals surface area contributed by atoms with Gasteiger partial charge in [-0.05, 0) is 6.07 Å². The van der Waals surface area contributed by atoms with Gasteiger partial charge in [-0.25, -0.2) is 22.0 Å². The van der Waals surface area contributed by atoms with Gasteiger partial charge in [-0.1, -0.05) is 6.07 Å². The van der Waals surface area contributed by atoms with E-state index < -0.39 is 72.1 Å². The van der Waals surface area contributed by atoms with E-state index >= 15 is 0 Å². The largest absolute Gasteiger partial charge is 0.606 e. The minimum Gasteiger partial charge on any atom is -0.606 e. The van der Waals surface area contributed by atoms with Crippen molar-refractivity contribution in [1.82, 2.24) is 0 Å². The number of ether oxygens (including phenoxy) is 1. The van der Waals surface area contributed by atoms with Crippen molar-refractivity contribution < 1.29 is 41.1 Å². The molecule has 0 N–H and O–H groups in total. The predicted molar refractivity (Wildman–Crippen MR) is 92.7 cm³/mol. The van der Waals surface area contributed by atoms with Crippen LogP contribution in [0.5, 0.6) is 5.75 Å². The van der Waals surface area contributed by atoms with Crippen molar-refractivity contribution in [2.75, 3.05) is 7.11 Å². The highest BCUT2D eigenvalue weighted by Crippen LogP contribution is 2.30. The van der Waals surface area contributed by atoms with Crippen molar-refractivity contribution in [1.29, 1.82) is 0 Å². The quantitative estimate of drug-likeness (QED) is 0.157. The van der Waals surface area contributed by atoms with E-state index in [9.17, 15) is 46.7 Å². The summed E-state index contributed by atoms with van der Waals surface area (Å²) in [4.78, 5) is 20.0. The Morgan fingerprint density at radius 1 is 1.03 bits per heavy atom. The molecular weight excluding hydrogens is 443 g/mol. The lowest BCUT2D eigenvalue weighted by Crippen LogP contribution is -2.15. The molecule has 14 heteroatoms. The van der Waals surface area contributed by atoms with Crippen LogP contribution in [0.25, 0.3) is 6.08 Å². The van der Waals surface area contributed by atoms with Crippen molar-refractivity contribution in [2.24, 2.45) is 0 Å². The van der Waals surface area contributed by atoms with Gasteiger partial charge in [0.25, 0.3) is 0 Å². The fourth-order valence-corrected chi connectivity index (χ4v) is 3.31. The van der Waals surface area contributed by atoms with Crippen LogP contribution in [0.2, 0.25) is 0 Å². The molecule has 2 rings (SSSR count). The lowest BCUT2D eigenvalue weighted by molar-refractivity contribution is -0.410. The van der Waals surface area contributed by atoms with Crippen molar-refractivity contribution in [2.45, 2.75) is 5.75 Å². The molecular formula is C16H9F5N2O6S. The van der Waals surface area contributed by atoms with Gasteiger partial charge in [0.05, 0.1) is 34.8 Å². The molecule has 0 radical (unpaired) electrons. The highest BCUT2D eigenvalue weighted by molar-refractivity contribution is 7.94. The molecule has 0 fully saturated rings. The highest BCUT2D eigenvalue weighted by atomic mass is 32.2. The zero-order valence-corrected chi connectivity index (χ0v) is 15.5. The average Bonchev–Trinajstić information content (AvgIpc) is 2.70. The van der Waals surface area contributed by atoms with Crippen LogP contribution in [0.1, 0.15) is 11.1 Å². The summed E-state index contributed by atoms with van der Waals surface area (Å²) in [6.07, 6.45) is -0.0374. The summed E-state index contributed by atoms with van der Waals surface area (Å²) in [6, 6.07) is 3.23. The molecule has 8 nitrogen and oxygen atoms in total. The van der Waals surface area contributed by atoms with Crippen LogP contribution in [0.15, 0.2) is 23.2 Å². The van der Waals surface area contributed by atoms with Crippen LogP contribution >= 0.6 is 0 Å². The van der Waals surface area contributed by atoms with Gasteiger partial charge in [-0.2, -0.15) is 0 Å². The number of nitro benzene ring substituents is 1. The molecule has 0 bridgehead atoms. The molecule has 0 aliphatic heterocycles. The molecule has 0 saturated heterocycles. The zero-order chi connectivity index (χ0) is 22.7. The van der Waals surface area contributed by atoms with Gasteiger partial charge < -0.3 is 9.29 Å². The van der Waals surface area contributed by atoms with Gasteiger partial charge in [0, 0.05) is 11.6 Å². The molecule has 0 heterocycles. The lowest BCUT2D eigenvalue weighted by atomic mass is 10.1. The number of benzene rings is 2. The first kappa shape index (κ1) is 23.0. The second kappa shape index (κ2) is 9.04. The Hall–Kier alpha value is -3.26. The molecule has 1 unspecified atom stereocenters. The number of hydrogen-bond donors (Lipinski definition) is 0. The third-order valence-electron chi connectivity index (χ3n) is 3.66. The fraction of sp³-hybridized carbons (Fsp3) is 0.125. The number of nitrogens with zero attached hydrogens (tertiary/aromatic N) is 2. The van der Waals surface area contributed by atoms with Crippen molar-refractivity contribution >= 4 is 22.9 Å². The van der Waals surface area contributed by atoms with Gasteiger partial charge in [-0.15, -0.1) is 0 Å². The summed E-state index contributed by atoms with van der Waals surface area (Å²) in [7, 11) is 1.15. The van der Waals surface area contributed by atoms with Gasteiger partial charge in [0.2, 0.25) is 5.82 Å². The van der Waals surface area contributed by atoms with Gasteiger partial charge in [-0.3, -0.25) is 20.2 Å². The molecule has 0 aliphatic rings. The van der Waals surface area contributed by atoms with Crippen molar-refractivity contribution in [3.8, 4) is 5.75 Å². The second-order valence-electron chi connectivity index (χ2n) is 5.48. The maximum absolute atomic E-state index is 13.8. The third kappa shape index (κ3) is 4.49. The van der Waals surface area contributed by atoms with Gasteiger partial charge in [0.15, 0.2) is 29.0 Å². The zero-order valence-electron chi connectivity index (χ0n) is 14.7. The summed E-state index contributed by atoms with van der Waals surface area (Å²) in [5, 5.41) is 20.8. The van der Waals surface area contributed by atoms with Crippen molar-refractivity contribution in [3.05, 3.63) is 83.7 Å². The first-order chi connectivity index (χ1) is 14.0. The minimum absolute atomic E-state index is 0.0374. The Labute approximate surface area is 167 Å². The molecule has 0 spiro atoms. The molecule has 0 amide bonds. The van der Waals surface area contributed by atoms with Crippen LogP contribution in [-0.4, -0.2) is 21.5 Å². The topological polar surface area (TPSA) is 119 Å². The second-order valence-corrected chi connectivity index (χ2v) is 6.87. The Kier molecular flexibility index (Phi) is 6.94. The first-order valence-corrected chi connectivity index (χ1v) is 8.88. The average molecular weight is 452 g/mol. The molecule has 30 heavy (non-hydrogen) atoms. The van der Waals surface area contributed by atoms with E-state index in [0.717, 1.165) is 19.2 Å². The number of nitro groups is 2. The fourth-order valence-electron chi connectivity index (χ4n) is 2.27. The maximum Gasteiger partial charge on any atom is 0.441 e. The molecule has 0 aliphatic carbocycles. The summed E-state index contributed by atoms with van der Waals surface area (Å²) >= 11 is -2.68. The van der Waals surface area contributed by atoms with Crippen LogP contribution in [0.4, 0.5) is 27.6 Å². The normalized spacial score (nSPS) is 12.6. The van der Waals surface area contributed by atoms with Crippen LogP contribution in [0, 0.1) is 49.3 Å². The minimum atomic E-state index is -2.68. The smallest absolute Gasteiger partial charge is 0.441 e. The Morgan fingerprint density at radius 3 is 2.03 bits per heavy atom. The number of hydrogen-bond acceptors (Lipinski definition) is 6. The molecule has 160 valence electrons. The van der Waals surface area contributed by atoms with Crippen LogP contribution in [-0.2, 0) is 16.9 Å². The van der Waals surface area contributed by atoms with Gasteiger partial charge in [0.1, 0.15) is 10.7 Å². The summed E-state index contributed by atoms with van der Waals surface area (Å²) in [5.41, 5.74) is -2.24. The van der Waals surface area contributed by atoms with Gasteiger partial charge >= 0.3 is 10.7 Å². The van der Waals surface area contributed by atoms with E-state index in [-0.39, 0.29) is 17.4 Å². The molecule has 0 saturated carbocycles. The standard InChI is InChI=1S/C16H9F5N2O6S/c1-29-10-3-2-7(4-9(10)22(24)25)6-30(28)11(23(26)27)5-8-12(17)14(19)16(21)15(20)13(8)18/h2-5H,6H2,1H3/b11-5+. The van der Waals surface area contributed by atoms with Crippen LogP contribution in [0.3, 0.4) is 0 Å². The SMILES string of the molecule is COc1ccc(C[S+]([O-])/C(=C/c2c(F)c(F)c(F)c(F)c2F)[N+](=O)[O-])cc1[N+](=O)[O-]. The van der Waals surface area contributed by atoms with E-state index in [1.165, 1.54) is 6.07 Å². The Morgan fingerprint density at radius 2 is 1.57 bits per heavy atom. The first-order valence-electron chi connectivity index (χ1n) is 7.56. The number of halogens is 5. The van der Waals surface area contributed by atoms with E-state index in [2.05, 4.69) is 0 Å². The predicted octanol–water partition coefficient (Wildman–Crippen LogP) is 3.82. The number of rotatable bonds is 7. The molecule has 2 aromatic carbocycles.